The first-order valence-corrected chi connectivity index (χ1v) is 8.69. The quantitative estimate of drug-likeness (QED) is 0.606. The van der Waals surface area contributed by atoms with Crippen LogP contribution < -0.4 is 5.32 Å². The minimum absolute atomic E-state index is 0.0134. The van der Waals surface area contributed by atoms with E-state index in [1.807, 2.05) is 13.8 Å². The Morgan fingerprint density at radius 2 is 1.84 bits per heavy atom. The molecule has 0 radical (unpaired) electrons. The van der Waals surface area contributed by atoms with Crippen LogP contribution in [0.1, 0.15) is 45.1 Å². The first-order valence-electron chi connectivity index (χ1n) is 8.69. The molecule has 7 heteroatoms. The highest BCUT2D eigenvalue weighted by Gasteiger charge is 2.24. The highest BCUT2D eigenvalue weighted by atomic mass is 16.6. The number of nitrogens with zero attached hydrogens (tertiary/aromatic N) is 2. The fraction of sp³-hybridized carbons (Fsp3) is 0.556. The molecule has 1 aromatic carbocycles. The largest absolute Gasteiger partial charge is 0.347 e. The van der Waals surface area contributed by atoms with E-state index >= 15 is 0 Å². The van der Waals surface area contributed by atoms with Gasteiger partial charge in [0.2, 0.25) is 11.8 Å². The van der Waals surface area contributed by atoms with Crippen LogP contribution in [0.3, 0.4) is 0 Å². The van der Waals surface area contributed by atoms with Gasteiger partial charge in [-0.25, -0.2) is 0 Å². The molecule has 1 N–H and O–H groups in total. The van der Waals surface area contributed by atoms with Gasteiger partial charge in [0.15, 0.2) is 0 Å². The molecular weight excluding hydrogens is 322 g/mol. The number of carbonyl (C=O) groups excluding carboxylic acids is 2. The predicted octanol–water partition coefficient (Wildman–Crippen LogP) is 2.64. The van der Waals surface area contributed by atoms with Crippen molar-refractivity contribution in [1.82, 2.24) is 10.2 Å². The van der Waals surface area contributed by atoms with Crippen LogP contribution in [0.25, 0.3) is 0 Å². The normalized spacial score (nSPS) is 14.5. The maximum absolute atomic E-state index is 12.5. The molecule has 136 valence electrons. The third-order valence-corrected chi connectivity index (χ3v) is 4.58. The summed E-state index contributed by atoms with van der Waals surface area (Å²) in [5.74, 6) is -0.153. The van der Waals surface area contributed by atoms with Crippen molar-refractivity contribution in [3.63, 3.8) is 0 Å². The number of amides is 2. The van der Waals surface area contributed by atoms with Gasteiger partial charge in [0.25, 0.3) is 5.69 Å². The number of nitrogens with one attached hydrogen (secondary N) is 1. The van der Waals surface area contributed by atoms with Crippen molar-refractivity contribution in [3.8, 4) is 0 Å². The molecule has 0 unspecified atom stereocenters. The van der Waals surface area contributed by atoms with Crippen molar-refractivity contribution in [2.75, 3.05) is 6.54 Å². The Morgan fingerprint density at radius 1 is 1.24 bits per heavy atom. The van der Waals surface area contributed by atoms with Gasteiger partial charge >= 0.3 is 0 Å². The molecule has 0 aliphatic heterocycles. The molecule has 1 aliphatic carbocycles. The van der Waals surface area contributed by atoms with Crippen LogP contribution in [0.5, 0.6) is 0 Å². The van der Waals surface area contributed by atoms with Crippen LogP contribution in [0.15, 0.2) is 24.3 Å². The molecular formula is C18H25N3O4. The average Bonchev–Trinajstić information content (AvgIpc) is 3.12. The van der Waals surface area contributed by atoms with E-state index < -0.39 is 4.92 Å². The van der Waals surface area contributed by atoms with Crippen LogP contribution in [0.2, 0.25) is 0 Å². The predicted molar refractivity (Wildman–Crippen MR) is 93.8 cm³/mol. The van der Waals surface area contributed by atoms with E-state index in [1.54, 1.807) is 17.0 Å². The molecule has 1 aliphatic rings. The lowest BCUT2D eigenvalue weighted by atomic mass is 10.1. The highest BCUT2D eigenvalue weighted by molar-refractivity contribution is 5.86. The van der Waals surface area contributed by atoms with Crippen LogP contribution in [0.4, 0.5) is 5.69 Å². The molecule has 0 aromatic heterocycles. The van der Waals surface area contributed by atoms with Crippen LogP contribution in [0, 0.1) is 16.0 Å². The summed E-state index contributed by atoms with van der Waals surface area (Å²) in [4.78, 5) is 36.5. The Balaban J connectivity index is 1.93. The number of nitro groups is 1. The fourth-order valence-electron chi connectivity index (χ4n) is 3.08. The molecule has 0 saturated heterocycles. The summed E-state index contributed by atoms with van der Waals surface area (Å²) in [6.45, 7) is 4.15. The Bertz CT molecular complexity index is 622. The number of non-ortho nitro benzene ring substituents is 1. The monoisotopic (exact) mass is 347 g/mol. The van der Waals surface area contributed by atoms with E-state index in [-0.39, 0.29) is 36.0 Å². The van der Waals surface area contributed by atoms with Gasteiger partial charge in [-0.15, -0.1) is 0 Å². The number of nitro benzene ring substituents is 1. The number of carbonyl (C=O) groups is 2. The lowest BCUT2D eigenvalue weighted by Crippen LogP contribution is -2.44. The first-order chi connectivity index (χ1) is 11.9. The van der Waals surface area contributed by atoms with Gasteiger partial charge in [-0.05, 0) is 32.3 Å². The van der Waals surface area contributed by atoms with Gasteiger partial charge in [-0.3, -0.25) is 19.7 Å². The van der Waals surface area contributed by atoms with Crippen molar-refractivity contribution in [1.29, 1.82) is 0 Å². The van der Waals surface area contributed by atoms with Crippen molar-refractivity contribution in [2.24, 2.45) is 5.92 Å². The smallest absolute Gasteiger partial charge is 0.269 e. The van der Waals surface area contributed by atoms with Crippen molar-refractivity contribution < 1.29 is 14.5 Å². The zero-order chi connectivity index (χ0) is 18.4. The van der Waals surface area contributed by atoms with Crippen molar-refractivity contribution in [3.05, 3.63) is 39.9 Å². The van der Waals surface area contributed by atoms with Crippen molar-refractivity contribution in [2.45, 2.75) is 52.1 Å². The van der Waals surface area contributed by atoms with E-state index in [4.69, 9.17) is 0 Å². The summed E-state index contributed by atoms with van der Waals surface area (Å²) in [6.07, 6.45) is 3.95. The lowest BCUT2D eigenvalue weighted by molar-refractivity contribution is -0.384. The molecule has 7 nitrogen and oxygen atoms in total. The molecule has 1 aromatic rings. The standard InChI is InChI=1S/C18H25N3O4/c1-13(2)20(12-14-7-9-16(10-8-14)21(24)25)17(22)11-19-18(23)15-5-3-4-6-15/h7-10,13,15H,3-6,11-12H2,1-2H3,(H,19,23). The molecule has 0 atom stereocenters. The topological polar surface area (TPSA) is 92.5 Å². The Kier molecular flexibility index (Phi) is 6.50. The highest BCUT2D eigenvalue weighted by Crippen LogP contribution is 2.24. The minimum Gasteiger partial charge on any atom is -0.347 e. The number of hydrogen-bond donors (Lipinski definition) is 1. The Morgan fingerprint density at radius 3 is 2.36 bits per heavy atom. The SMILES string of the molecule is CC(C)N(Cc1ccc([N+](=O)[O-])cc1)C(=O)CNC(=O)C1CCCC1. The van der Waals surface area contributed by atoms with Gasteiger partial charge in [0.1, 0.15) is 0 Å². The molecule has 2 rings (SSSR count). The lowest BCUT2D eigenvalue weighted by Gasteiger charge is -2.27. The second kappa shape index (κ2) is 8.60. The van der Waals surface area contributed by atoms with Crippen LogP contribution >= 0.6 is 0 Å². The first kappa shape index (κ1) is 18.9. The maximum atomic E-state index is 12.5. The summed E-state index contributed by atoms with van der Waals surface area (Å²) < 4.78 is 0. The van der Waals surface area contributed by atoms with Crippen molar-refractivity contribution >= 4 is 17.5 Å². The molecule has 0 bridgehead atoms. The molecule has 2 amide bonds. The average molecular weight is 347 g/mol. The van der Waals surface area contributed by atoms with Gasteiger partial charge in [-0.1, -0.05) is 25.0 Å². The molecule has 1 saturated carbocycles. The second-order valence-electron chi connectivity index (χ2n) is 6.74. The molecule has 1 fully saturated rings. The summed E-state index contributed by atoms with van der Waals surface area (Å²) in [5.41, 5.74) is 0.838. The van der Waals surface area contributed by atoms with E-state index in [0.29, 0.717) is 6.54 Å². The summed E-state index contributed by atoms with van der Waals surface area (Å²) in [6, 6.07) is 6.13. The number of rotatable bonds is 7. The third-order valence-electron chi connectivity index (χ3n) is 4.58. The van der Waals surface area contributed by atoms with Gasteiger partial charge in [-0.2, -0.15) is 0 Å². The van der Waals surface area contributed by atoms with E-state index in [9.17, 15) is 19.7 Å². The zero-order valence-corrected chi connectivity index (χ0v) is 14.7. The van der Waals surface area contributed by atoms with E-state index in [0.717, 1.165) is 31.2 Å². The zero-order valence-electron chi connectivity index (χ0n) is 14.7. The molecule has 0 spiro atoms. The molecule has 25 heavy (non-hydrogen) atoms. The van der Waals surface area contributed by atoms with E-state index in [1.165, 1.54) is 12.1 Å². The summed E-state index contributed by atoms with van der Waals surface area (Å²) >= 11 is 0. The molecule has 0 heterocycles. The minimum atomic E-state index is -0.451. The van der Waals surface area contributed by atoms with Gasteiger partial charge < -0.3 is 10.2 Å². The number of benzene rings is 1. The summed E-state index contributed by atoms with van der Waals surface area (Å²) in [5, 5.41) is 13.5. The second-order valence-corrected chi connectivity index (χ2v) is 6.74. The van der Waals surface area contributed by atoms with E-state index in [2.05, 4.69) is 5.32 Å². The third kappa shape index (κ3) is 5.27. The fourth-order valence-corrected chi connectivity index (χ4v) is 3.08. The Labute approximate surface area is 147 Å². The maximum Gasteiger partial charge on any atom is 0.269 e. The van der Waals surface area contributed by atoms with Gasteiger partial charge in [0.05, 0.1) is 11.5 Å². The number of hydrogen-bond acceptors (Lipinski definition) is 4. The van der Waals surface area contributed by atoms with Gasteiger partial charge in [0, 0.05) is 30.6 Å². The van der Waals surface area contributed by atoms with Crippen LogP contribution in [-0.4, -0.2) is 34.2 Å². The van der Waals surface area contributed by atoms with Crippen LogP contribution in [-0.2, 0) is 16.1 Å². The Hall–Kier alpha value is -2.44. The summed E-state index contributed by atoms with van der Waals surface area (Å²) in [7, 11) is 0.